The molecule has 0 aliphatic heterocycles. The molecule has 19 heavy (non-hydrogen) atoms. The van der Waals surface area contributed by atoms with E-state index in [9.17, 15) is 4.79 Å². The lowest BCUT2D eigenvalue weighted by atomic mass is 10.2. The van der Waals surface area contributed by atoms with Gasteiger partial charge in [-0.15, -0.1) is 0 Å². The van der Waals surface area contributed by atoms with Crippen molar-refractivity contribution < 1.29 is 9.32 Å². The van der Waals surface area contributed by atoms with Crippen LogP contribution in [0.15, 0.2) is 35.4 Å². The van der Waals surface area contributed by atoms with Gasteiger partial charge in [0, 0.05) is 18.5 Å². The Kier molecular flexibility index (Phi) is 4.19. The second kappa shape index (κ2) is 6.05. The molecular weight excluding hydrogens is 246 g/mol. The van der Waals surface area contributed by atoms with E-state index in [1.165, 1.54) is 18.7 Å². The third-order valence-electron chi connectivity index (χ3n) is 2.77. The van der Waals surface area contributed by atoms with Crippen molar-refractivity contribution in [3.8, 4) is 0 Å². The van der Waals surface area contributed by atoms with Gasteiger partial charge in [0.1, 0.15) is 12.0 Å². The highest BCUT2D eigenvalue weighted by atomic mass is 16.5. The number of amides is 1. The van der Waals surface area contributed by atoms with Crippen LogP contribution in [0.3, 0.4) is 0 Å². The quantitative estimate of drug-likeness (QED) is 0.867. The molecule has 7 nitrogen and oxygen atoms in total. The lowest BCUT2D eigenvalue weighted by Crippen LogP contribution is -2.32. The predicted molar refractivity (Wildman–Crippen MR) is 68.2 cm³/mol. The molecule has 2 rings (SSSR count). The molecule has 1 amide bonds. The van der Waals surface area contributed by atoms with E-state index in [0.29, 0.717) is 5.82 Å². The van der Waals surface area contributed by atoms with Gasteiger partial charge in [-0.2, -0.15) is 0 Å². The Bertz CT molecular complexity index is 514. The topological polar surface area (TPSA) is 84.2 Å². The maximum Gasteiger partial charge on any atom is 0.239 e. The van der Waals surface area contributed by atoms with Crippen molar-refractivity contribution in [1.29, 1.82) is 0 Å². The van der Waals surface area contributed by atoms with Crippen LogP contribution < -0.4 is 5.32 Å². The first-order chi connectivity index (χ1) is 9.16. The molecule has 0 aromatic carbocycles. The van der Waals surface area contributed by atoms with Gasteiger partial charge in [-0.3, -0.25) is 14.7 Å². The molecule has 0 aliphatic carbocycles. The van der Waals surface area contributed by atoms with Crippen molar-refractivity contribution in [3.05, 3.63) is 36.6 Å². The molecule has 1 atom stereocenters. The number of nitrogens with zero attached hydrogens (tertiary/aromatic N) is 4. The van der Waals surface area contributed by atoms with Crippen LogP contribution in [-0.2, 0) is 4.79 Å². The van der Waals surface area contributed by atoms with Crippen molar-refractivity contribution in [2.75, 3.05) is 18.9 Å². The highest BCUT2D eigenvalue weighted by Crippen LogP contribution is 2.15. The molecule has 0 aliphatic rings. The van der Waals surface area contributed by atoms with Gasteiger partial charge >= 0.3 is 0 Å². The second-order valence-electron chi connectivity index (χ2n) is 4.15. The SMILES string of the molecule is C[C@H](c1ccon1)N(C)CC(=O)Nc1cnccn1. The van der Waals surface area contributed by atoms with Crippen LogP contribution in [0.5, 0.6) is 0 Å². The van der Waals surface area contributed by atoms with E-state index in [4.69, 9.17) is 4.52 Å². The fourth-order valence-electron chi connectivity index (χ4n) is 1.57. The smallest absolute Gasteiger partial charge is 0.239 e. The largest absolute Gasteiger partial charge is 0.364 e. The third-order valence-corrected chi connectivity index (χ3v) is 2.77. The molecule has 2 aromatic rings. The molecule has 0 saturated carbocycles. The van der Waals surface area contributed by atoms with Gasteiger partial charge in [0.15, 0.2) is 5.82 Å². The Hall–Kier alpha value is -2.28. The number of likely N-dealkylation sites (N-methyl/N-ethyl adjacent to an activating group) is 1. The Morgan fingerprint density at radius 3 is 3.00 bits per heavy atom. The van der Waals surface area contributed by atoms with Crippen molar-refractivity contribution >= 4 is 11.7 Å². The molecule has 7 heteroatoms. The second-order valence-corrected chi connectivity index (χ2v) is 4.15. The van der Waals surface area contributed by atoms with E-state index in [0.717, 1.165) is 5.69 Å². The van der Waals surface area contributed by atoms with E-state index in [2.05, 4.69) is 20.4 Å². The summed E-state index contributed by atoms with van der Waals surface area (Å²) in [6.07, 6.45) is 6.09. The molecule has 0 bridgehead atoms. The minimum absolute atomic E-state index is 0.00800. The van der Waals surface area contributed by atoms with Crippen LogP contribution in [0, 0.1) is 0 Å². The standard InChI is InChI=1S/C12H15N5O2/c1-9(10-3-6-19-16-10)17(2)8-12(18)15-11-7-13-4-5-14-11/h3-7,9H,8H2,1-2H3,(H,14,15,18)/t9-/m1/s1. The van der Waals surface area contributed by atoms with E-state index >= 15 is 0 Å². The molecule has 1 N–H and O–H groups in total. The number of carbonyl (C=O) groups is 1. The van der Waals surface area contributed by atoms with Crippen LogP contribution in [0.25, 0.3) is 0 Å². The van der Waals surface area contributed by atoms with Gasteiger partial charge in [0.2, 0.25) is 5.91 Å². The minimum Gasteiger partial charge on any atom is -0.364 e. The number of anilines is 1. The van der Waals surface area contributed by atoms with Crippen molar-refractivity contribution in [3.63, 3.8) is 0 Å². The number of nitrogens with one attached hydrogen (secondary N) is 1. The third kappa shape index (κ3) is 3.59. The van der Waals surface area contributed by atoms with Gasteiger partial charge < -0.3 is 9.84 Å². The van der Waals surface area contributed by atoms with Gasteiger partial charge in [-0.1, -0.05) is 5.16 Å². The van der Waals surface area contributed by atoms with Gasteiger partial charge in [0.05, 0.1) is 18.8 Å². The molecule has 100 valence electrons. The summed E-state index contributed by atoms with van der Waals surface area (Å²) in [7, 11) is 1.84. The summed E-state index contributed by atoms with van der Waals surface area (Å²) in [5.74, 6) is 0.285. The zero-order valence-electron chi connectivity index (χ0n) is 10.8. The fraction of sp³-hybridized carbons (Fsp3) is 0.333. The zero-order chi connectivity index (χ0) is 13.7. The average molecular weight is 261 g/mol. The number of hydrogen-bond acceptors (Lipinski definition) is 6. The summed E-state index contributed by atoms with van der Waals surface area (Å²) in [6, 6.07) is 1.77. The molecule has 2 aromatic heterocycles. The molecule has 2 heterocycles. The fourth-order valence-corrected chi connectivity index (χ4v) is 1.57. The van der Waals surface area contributed by atoms with Crippen LogP contribution in [0.2, 0.25) is 0 Å². The van der Waals surface area contributed by atoms with Gasteiger partial charge in [0.25, 0.3) is 0 Å². The Balaban J connectivity index is 1.88. The lowest BCUT2D eigenvalue weighted by molar-refractivity contribution is -0.117. The monoisotopic (exact) mass is 261 g/mol. The molecule has 0 saturated heterocycles. The summed E-state index contributed by atoms with van der Waals surface area (Å²) in [5.41, 5.74) is 0.787. The number of carbonyl (C=O) groups excluding carboxylic acids is 1. The van der Waals surface area contributed by atoms with E-state index < -0.39 is 0 Å². The normalized spacial score (nSPS) is 12.4. The first-order valence-corrected chi connectivity index (χ1v) is 5.83. The average Bonchev–Trinajstić information content (AvgIpc) is 2.92. The predicted octanol–water partition coefficient (Wildman–Crippen LogP) is 1.10. The van der Waals surface area contributed by atoms with Crippen LogP contribution in [-0.4, -0.2) is 39.5 Å². The zero-order valence-corrected chi connectivity index (χ0v) is 10.8. The van der Waals surface area contributed by atoms with Crippen LogP contribution >= 0.6 is 0 Å². The minimum atomic E-state index is -0.154. The summed E-state index contributed by atoms with van der Waals surface area (Å²) < 4.78 is 4.79. The van der Waals surface area contributed by atoms with Crippen molar-refractivity contribution in [2.24, 2.45) is 0 Å². The van der Waals surface area contributed by atoms with Gasteiger partial charge in [-0.25, -0.2) is 4.98 Å². The van der Waals surface area contributed by atoms with Crippen molar-refractivity contribution in [1.82, 2.24) is 20.0 Å². The van der Waals surface area contributed by atoms with Crippen molar-refractivity contribution in [2.45, 2.75) is 13.0 Å². The van der Waals surface area contributed by atoms with Gasteiger partial charge in [-0.05, 0) is 14.0 Å². The number of aromatic nitrogens is 3. The van der Waals surface area contributed by atoms with E-state index in [-0.39, 0.29) is 18.5 Å². The summed E-state index contributed by atoms with van der Waals surface area (Å²) in [5, 5.41) is 6.53. The maximum atomic E-state index is 11.8. The molecule has 0 radical (unpaired) electrons. The summed E-state index contributed by atoms with van der Waals surface area (Å²) in [4.78, 5) is 21.6. The maximum absolute atomic E-state index is 11.8. The molecule has 0 spiro atoms. The van der Waals surface area contributed by atoms with E-state index in [1.54, 1.807) is 12.3 Å². The molecule has 0 fully saturated rings. The lowest BCUT2D eigenvalue weighted by Gasteiger charge is -2.21. The summed E-state index contributed by atoms with van der Waals surface area (Å²) >= 11 is 0. The number of hydrogen-bond donors (Lipinski definition) is 1. The Morgan fingerprint density at radius 1 is 1.53 bits per heavy atom. The number of rotatable bonds is 5. The Morgan fingerprint density at radius 2 is 2.37 bits per heavy atom. The van der Waals surface area contributed by atoms with Crippen LogP contribution in [0.1, 0.15) is 18.7 Å². The first-order valence-electron chi connectivity index (χ1n) is 5.83. The van der Waals surface area contributed by atoms with Crippen LogP contribution in [0.4, 0.5) is 5.82 Å². The molecule has 0 unspecified atom stereocenters. The highest BCUT2D eigenvalue weighted by Gasteiger charge is 2.17. The summed E-state index contributed by atoms with van der Waals surface area (Å²) in [6.45, 7) is 2.18. The Labute approximate surface area is 110 Å². The first kappa shape index (κ1) is 13.2. The molecular formula is C12H15N5O2. The van der Waals surface area contributed by atoms with E-state index in [1.807, 2.05) is 18.9 Å². The highest BCUT2D eigenvalue weighted by molar-refractivity contribution is 5.91.